The molecule has 2 aromatic heterocycles. The molecule has 0 radical (unpaired) electrons. The highest BCUT2D eigenvalue weighted by Crippen LogP contribution is 2.41. The minimum absolute atomic E-state index is 0.0393. The quantitative estimate of drug-likeness (QED) is 0.192. The molecule has 1 N–H and O–H groups in total. The average Bonchev–Trinajstić information content (AvgIpc) is 3.57. The monoisotopic (exact) mass is 599 g/mol. The van der Waals surface area contributed by atoms with Gasteiger partial charge in [-0.05, 0) is 37.3 Å². The Bertz CT molecular complexity index is 1680. The average molecular weight is 599 g/mol. The number of carbonyl (C=O) groups excluding carboxylic acids is 1. The highest BCUT2D eigenvalue weighted by Gasteiger charge is 2.40. The summed E-state index contributed by atoms with van der Waals surface area (Å²) in [6, 6.07) is 4.04. The van der Waals surface area contributed by atoms with Crippen molar-refractivity contribution in [2.75, 3.05) is 17.0 Å². The van der Waals surface area contributed by atoms with Crippen molar-refractivity contribution in [1.82, 2.24) is 14.7 Å². The second-order valence-electron chi connectivity index (χ2n) is 8.78. The number of nitrogens with one attached hydrogen (secondary N) is 1. The lowest BCUT2D eigenvalue weighted by molar-refractivity contribution is -0.146. The van der Waals surface area contributed by atoms with E-state index in [1.165, 1.54) is 35.9 Å². The van der Waals surface area contributed by atoms with E-state index in [1.54, 1.807) is 0 Å². The lowest BCUT2D eigenvalue weighted by Gasteiger charge is -2.26. The number of hydrazine groups is 1. The smallest absolute Gasteiger partial charge is 0.417 e. The van der Waals surface area contributed by atoms with E-state index in [9.17, 15) is 39.9 Å². The number of ether oxygens (including phenoxy) is 1. The van der Waals surface area contributed by atoms with Gasteiger partial charge in [0, 0.05) is 17.8 Å². The molecule has 2 aromatic carbocycles. The molecule has 0 amide bonds. The first-order valence-electron chi connectivity index (χ1n) is 12.0. The molecule has 1 aliphatic rings. The summed E-state index contributed by atoms with van der Waals surface area (Å²) in [5.41, 5.74) is -1.54. The second-order valence-corrected chi connectivity index (χ2v) is 8.78. The summed E-state index contributed by atoms with van der Waals surface area (Å²) in [5, 5.41) is 4.72. The number of hydrogen-bond acceptors (Lipinski definition) is 7. The zero-order valence-corrected chi connectivity index (χ0v) is 21.1. The fourth-order valence-electron chi connectivity index (χ4n) is 4.25. The van der Waals surface area contributed by atoms with Crippen LogP contribution in [0.2, 0.25) is 0 Å². The maximum Gasteiger partial charge on any atom is 0.417 e. The molecule has 0 bridgehead atoms. The lowest BCUT2D eigenvalue weighted by Crippen LogP contribution is -2.29. The first-order valence-corrected chi connectivity index (χ1v) is 12.0. The third-order valence-corrected chi connectivity index (χ3v) is 6.14. The minimum Gasteiger partial charge on any atom is -0.464 e. The van der Waals surface area contributed by atoms with Gasteiger partial charge in [-0.15, -0.1) is 0 Å². The van der Waals surface area contributed by atoms with Crippen LogP contribution in [0.15, 0.2) is 59.5 Å². The summed E-state index contributed by atoms with van der Waals surface area (Å²) < 4.78 is 120. The number of nitrogens with zero attached hydrogens (tertiary/aromatic N) is 4. The fourth-order valence-corrected chi connectivity index (χ4v) is 4.25. The van der Waals surface area contributed by atoms with E-state index >= 15 is 0 Å². The number of carbonyl (C=O) groups is 1. The Hall–Kier alpha value is -4.89. The van der Waals surface area contributed by atoms with E-state index in [1.807, 2.05) is 0 Å². The van der Waals surface area contributed by atoms with E-state index in [0.717, 1.165) is 23.5 Å². The maximum atomic E-state index is 14.3. The Morgan fingerprint density at radius 2 is 1.83 bits per heavy atom. The van der Waals surface area contributed by atoms with Crippen LogP contribution in [0, 0.1) is 11.6 Å². The largest absolute Gasteiger partial charge is 0.464 e. The van der Waals surface area contributed by atoms with Crippen LogP contribution in [0.5, 0.6) is 0 Å². The van der Waals surface area contributed by atoms with E-state index in [2.05, 4.69) is 15.6 Å². The highest BCUT2D eigenvalue weighted by atomic mass is 19.4. The van der Waals surface area contributed by atoms with Gasteiger partial charge >= 0.3 is 18.3 Å². The number of benzene rings is 2. The Labute approximate surface area is 230 Å². The molecule has 1 unspecified atom stereocenters. The SMILES string of the molecule is CCOC(=O)C(c1cc(-c2ccc(C(F)(F)F)cc2C(F)(F)F)no1)n1cnc2c1C=CN(c1cccc(F)c1F)N2. The Balaban J connectivity index is 1.54. The van der Waals surface area contributed by atoms with Crippen LogP contribution >= 0.6 is 0 Å². The summed E-state index contributed by atoms with van der Waals surface area (Å²) in [4.78, 5) is 17.1. The van der Waals surface area contributed by atoms with Crippen LogP contribution in [0.4, 0.5) is 46.6 Å². The zero-order valence-electron chi connectivity index (χ0n) is 21.1. The number of anilines is 2. The number of fused-ring (bicyclic) bond motifs is 1. The van der Waals surface area contributed by atoms with Gasteiger partial charge in [-0.3, -0.25) is 10.4 Å². The molecule has 220 valence electrons. The van der Waals surface area contributed by atoms with Crippen LogP contribution in [0.3, 0.4) is 0 Å². The molecular weight excluding hydrogens is 582 g/mol. The van der Waals surface area contributed by atoms with Crippen molar-refractivity contribution in [2.45, 2.75) is 25.3 Å². The van der Waals surface area contributed by atoms with Crippen LogP contribution in [0.1, 0.15) is 35.5 Å². The van der Waals surface area contributed by atoms with Crippen molar-refractivity contribution < 1.29 is 49.2 Å². The molecule has 16 heteroatoms. The second kappa shape index (κ2) is 10.5. The number of halogens is 8. The molecular formula is C26H17F8N5O3. The number of hydrogen-bond donors (Lipinski definition) is 1. The predicted molar refractivity (Wildman–Crippen MR) is 130 cm³/mol. The number of imidazole rings is 1. The van der Waals surface area contributed by atoms with Gasteiger partial charge in [0.15, 0.2) is 29.3 Å². The van der Waals surface area contributed by atoms with Crippen LogP contribution < -0.4 is 10.4 Å². The van der Waals surface area contributed by atoms with Crippen molar-refractivity contribution in [2.24, 2.45) is 0 Å². The normalized spacial score (nSPS) is 14.0. The molecule has 42 heavy (non-hydrogen) atoms. The van der Waals surface area contributed by atoms with Gasteiger partial charge in [-0.1, -0.05) is 17.3 Å². The third kappa shape index (κ3) is 5.26. The van der Waals surface area contributed by atoms with Crippen molar-refractivity contribution in [3.05, 3.63) is 89.2 Å². The van der Waals surface area contributed by atoms with Crippen molar-refractivity contribution in [1.29, 1.82) is 0 Å². The molecule has 0 fully saturated rings. The number of aromatic nitrogens is 3. The third-order valence-electron chi connectivity index (χ3n) is 6.14. The van der Waals surface area contributed by atoms with Gasteiger partial charge in [0.1, 0.15) is 11.4 Å². The van der Waals surface area contributed by atoms with Gasteiger partial charge in [-0.25, -0.2) is 18.6 Å². The number of rotatable bonds is 6. The summed E-state index contributed by atoms with van der Waals surface area (Å²) in [6.45, 7) is 1.42. The maximum absolute atomic E-state index is 14.3. The Kier molecular flexibility index (Phi) is 7.16. The molecule has 0 saturated heterocycles. The van der Waals surface area contributed by atoms with Gasteiger partial charge in [0.25, 0.3) is 0 Å². The van der Waals surface area contributed by atoms with Gasteiger partial charge in [0.2, 0.25) is 0 Å². The van der Waals surface area contributed by atoms with Gasteiger partial charge < -0.3 is 13.8 Å². The number of alkyl halides is 6. The number of esters is 1. The molecule has 0 spiro atoms. The summed E-state index contributed by atoms with van der Waals surface area (Å²) in [7, 11) is 0. The molecule has 0 saturated carbocycles. The van der Waals surface area contributed by atoms with E-state index in [-0.39, 0.29) is 35.6 Å². The van der Waals surface area contributed by atoms with E-state index in [4.69, 9.17) is 9.26 Å². The summed E-state index contributed by atoms with van der Waals surface area (Å²) in [5.74, 6) is -3.39. The van der Waals surface area contributed by atoms with E-state index in [0.29, 0.717) is 12.1 Å². The Morgan fingerprint density at radius 3 is 2.52 bits per heavy atom. The van der Waals surface area contributed by atoms with Crippen molar-refractivity contribution in [3.8, 4) is 11.3 Å². The standard InChI is InChI=1S/C26H17F8N5O3/c1-2-41-24(40)22(38-12-35-23-19(38)8-9-39(36-23)18-5-3-4-16(27)21(18)28)20-11-17(37-42-20)14-7-6-13(25(29,30)31)10-15(14)26(32,33)34/h3-12,22,36H,2H2,1H3. The van der Waals surface area contributed by atoms with Crippen LogP contribution in [-0.2, 0) is 21.9 Å². The summed E-state index contributed by atoms with van der Waals surface area (Å²) >= 11 is 0. The van der Waals surface area contributed by atoms with Crippen molar-refractivity contribution in [3.63, 3.8) is 0 Å². The highest BCUT2D eigenvalue weighted by molar-refractivity contribution is 5.80. The van der Waals surface area contributed by atoms with Crippen LogP contribution in [-0.4, -0.2) is 27.3 Å². The molecule has 4 aromatic rings. The lowest BCUT2D eigenvalue weighted by atomic mass is 10.00. The van der Waals surface area contributed by atoms with Gasteiger partial charge in [0.05, 0.1) is 29.8 Å². The first kappa shape index (κ1) is 28.6. The molecule has 1 aliphatic heterocycles. The fraction of sp³-hybridized carbons (Fsp3) is 0.192. The van der Waals surface area contributed by atoms with Crippen molar-refractivity contribution >= 4 is 23.6 Å². The topological polar surface area (TPSA) is 85.4 Å². The molecule has 3 heterocycles. The van der Waals surface area contributed by atoms with Gasteiger partial charge in [-0.2, -0.15) is 26.3 Å². The minimum atomic E-state index is -5.18. The molecule has 5 rings (SSSR count). The van der Waals surface area contributed by atoms with Crippen LogP contribution in [0.25, 0.3) is 17.3 Å². The molecule has 8 nitrogen and oxygen atoms in total. The zero-order chi connectivity index (χ0) is 30.4. The summed E-state index contributed by atoms with van der Waals surface area (Å²) in [6.07, 6.45) is -6.34. The van der Waals surface area contributed by atoms with E-state index < -0.39 is 58.4 Å². The molecule has 0 aliphatic carbocycles. The predicted octanol–water partition coefficient (Wildman–Crippen LogP) is 6.82. The first-order chi connectivity index (χ1) is 19.8. The Morgan fingerprint density at radius 1 is 1.07 bits per heavy atom. The molecule has 1 atom stereocenters.